The summed E-state index contributed by atoms with van der Waals surface area (Å²) < 4.78 is 17.1. The summed E-state index contributed by atoms with van der Waals surface area (Å²) in [5, 5.41) is 20.2. The zero-order chi connectivity index (χ0) is 25.1. The van der Waals surface area contributed by atoms with Crippen LogP contribution in [0.15, 0.2) is 66.7 Å². The van der Waals surface area contributed by atoms with Gasteiger partial charge in [0.2, 0.25) is 6.79 Å². The predicted octanol–water partition coefficient (Wildman–Crippen LogP) is 5.18. The molecular weight excluding hydrogens is 454 g/mol. The minimum atomic E-state index is -0.547. The van der Waals surface area contributed by atoms with E-state index in [1.54, 1.807) is 12.1 Å². The molecule has 188 valence electrons. The Morgan fingerprint density at radius 1 is 0.944 bits per heavy atom. The average molecular weight is 488 g/mol. The van der Waals surface area contributed by atoms with Crippen molar-refractivity contribution in [2.45, 2.75) is 25.9 Å². The molecular formula is C30H33NO5. The Bertz CT molecular complexity index is 1220. The number of phenols is 1. The minimum Gasteiger partial charge on any atom is -0.508 e. The number of phenolic OH excluding ortho intramolecular Hbond substituents is 1. The lowest BCUT2D eigenvalue weighted by Crippen LogP contribution is -2.32. The second kappa shape index (κ2) is 10.6. The molecule has 0 bridgehead atoms. The largest absolute Gasteiger partial charge is 0.508 e. The van der Waals surface area contributed by atoms with Crippen LogP contribution in [0.5, 0.6) is 23.0 Å². The summed E-state index contributed by atoms with van der Waals surface area (Å²) in [6.07, 6.45) is 1.72. The number of nitrogens with zero attached hydrogens (tertiary/aromatic N) is 1. The van der Waals surface area contributed by atoms with Gasteiger partial charge >= 0.3 is 0 Å². The fourth-order valence-corrected chi connectivity index (χ4v) is 4.58. The molecule has 1 aliphatic carbocycles. The number of ether oxygens (including phenoxy) is 3. The molecule has 36 heavy (non-hydrogen) atoms. The van der Waals surface area contributed by atoms with Crippen molar-refractivity contribution in [1.82, 2.24) is 4.90 Å². The third kappa shape index (κ3) is 5.50. The molecule has 3 aromatic carbocycles. The van der Waals surface area contributed by atoms with E-state index in [1.807, 2.05) is 37.4 Å². The fourth-order valence-electron chi connectivity index (χ4n) is 4.58. The number of aliphatic hydroxyl groups is 1. The Labute approximate surface area is 212 Å². The van der Waals surface area contributed by atoms with Crippen molar-refractivity contribution in [2.75, 3.05) is 33.5 Å². The van der Waals surface area contributed by atoms with E-state index in [0.29, 0.717) is 12.5 Å². The second-order valence-corrected chi connectivity index (χ2v) is 9.52. The van der Waals surface area contributed by atoms with Crippen LogP contribution >= 0.6 is 0 Å². The summed E-state index contributed by atoms with van der Waals surface area (Å²) in [6, 6.07) is 21.6. The van der Waals surface area contributed by atoms with Crippen LogP contribution in [0.3, 0.4) is 0 Å². The summed E-state index contributed by atoms with van der Waals surface area (Å²) in [4.78, 5) is 2.06. The van der Waals surface area contributed by atoms with Gasteiger partial charge in [0.15, 0.2) is 11.5 Å². The molecule has 1 unspecified atom stereocenters. The van der Waals surface area contributed by atoms with Gasteiger partial charge in [0.05, 0.1) is 0 Å². The molecule has 6 heteroatoms. The molecule has 0 aromatic heterocycles. The van der Waals surface area contributed by atoms with Crippen LogP contribution in [-0.2, 0) is 0 Å². The van der Waals surface area contributed by atoms with Crippen LogP contribution in [0.4, 0.5) is 0 Å². The van der Waals surface area contributed by atoms with E-state index in [1.165, 1.54) is 5.57 Å². The molecule has 0 amide bonds. The summed E-state index contributed by atoms with van der Waals surface area (Å²) >= 11 is 0. The van der Waals surface area contributed by atoms with E-state index in [0.717, 1.165) is 58.9 Å². The molecule has 2 aliphatic rings. The van der Waals surface area contributed by atoms with Crippen LogP contribution in [0.2, 0.25) is 0 Å². The smallest absolute Gasteiger partial charge is 0.231 e. The number of benzene rings is 3. The molecule has 5 rings (SSSR count). The maximum Gasteiger partial charge on any atom is 0.231 e. The van der Waals surface area contributed by atoms with Gasteiger partial charge in [-0.15, -0.1) is 0 Å². The number of hydrogen-bond acceptors (Lipinski definition) is 6. The lowest BCUT2D eigenvalue weighted by molar-refractivity contribution is 0.0779. The average Bonchev–Trinajstić information content (AvgIpc) is 3.62. The van der Waals surface area contributed by atoms with E-state index < -0.39 is 6.10 Å². The van der Waals surface area contributed by atoms with Gasteiger partial charge in [-0.05, 0) is 96.6 Å². The lowest BCUT2D eigenvalue weighted by Gasteiger charge is -2.20. The molecule has 1 saturated carbocycles. The summed E-state index contributed by atoms with van der Waals surface area (Å²) in [5.41, 5.74) is 5.63. The molecule has 1 aliphatic heterocycles. The molecule has 1 fully saturated rings. The van der Waals surface area contributed by atoms with Crippen LogP contribution in [0.25, 0.3) is 11.1 Å². The Morgan fingerprint density at radius 3 is 2.25 bits per heavy atom. The van der Waals surface area contributed by atoms with E-state index >= 15 is 0 Å². The van der Waals surface area contributed by atoms with Gasteiger partial charge in [0, 0.05) is 6.54 Å². The Kier molecular flexibility index (Phi) is 7.16. The fraction of sp³-hybridized carbons (Fsp3) is 0.333. The van der Waals surface area contributed by atoms with Crippen molar-refractivity contribution in [2.24, 2.45) is 5.92 Å². The quantitative estimate of drug-likeness (QED) is 0.384. The van der Waals surface area contributed by atoms with Crippen molar-refractivity contribution < 1.29 is 24.4 Å². The molecule has 1 atom stereocenters. The van der Waals surface area contributed by atoms with E-state index in [9.17, 15) is 10.2 Å². The normalized spacial score (nSPS) is 16.1. The zero-order valence-electron chi connectivity index (χ0n) is 20.8. The van der Waals surface area contributed by atoms with Crippen LogP contribution < -0.4 is 14.2 Å². The van der Waals surface area contributed by atoms with E-state index in [2.05, 4.69) is 36.1 Å². The Hall–Kier alpha value is -3.48. The van der Waals surface area contributed by atoms with Crippen molar-refractivity contribution in [3.8, 4) is 23.0 Å². The summed E-state index contributed by atoms with van der Waals surface area (Å²) in [5.74, 6) is 2.96. The molecule has 3 aromatic rings. The van der Waals surface area contributed by atoms with Gasteiger partial charge in [-0.1, -0.05) is 37.3 Å². The number of aromatic hydroxyl groups is 1. The number of fused-ring (bicyclic) bond motifs is 1. The van der Waals surface area contributed by atoms with Gasteiger partial charge in [-0.25, -0.2) is 0 Å². The van der Waals surface area contributed by atoms with Gasteiger partial charge in [-0.2, -0.15) is 0 Å². The first-order chi connectivity index (χ1) is 17.5. The number of hydrogen-bond donors (Lipinski definition) is 2. The SMILES string of the molecule is CCN(C)CC(O)COc1ccc(C(=C(c2ccc3c(c2)OCO3)C2CC2)c2ccc(O)cc2)cc1. The standard InChI is InChI=1S/C30H33NO5/c1-3-31(2)17-25(33)18-34-26-13-8-22(9-14-26)29(21-6-11-24(32)12-7-21)30(20-4-5-20)23-10-15-27-28(16-23)36-19-35-27/h6-16,20,25,32-33H,3-5,17-19H2,1-2H3. The van der Waals surface area contributed by atoms with Gasteiger partial charge in [-0.3, -0.25) is 0 Å². The van der Waals surface area contributed by atoms with Crippen LogP contribution in [0, 0.1) is 5.92 Å². The van der Waals surface area contributed by atoms with Crippen LogP contribution in [-0.4, -0.2) is 54.8 Å². The highest BCUT2D eigenvalue weighted by molar-refractivity contribution is 6.00. The van der Waals surface area contributed by atoms with Crippen molar-refractivity contribution in [3.63, 3.8) is 0 Å². The first-order valence-corrected chi connectivity index (χ1v) is 12.5. The number of allylic oxidation sites excluding steroid dienone is 1. The van der Waals surface area contributed by atoms with Crippen molar-refractivity contribution >= 4 is 11.1 Å². The number of likely N-dealkylation sites (N-methyl/N-ethyl adjacent to an activating group) is 1. The zero-order valence-corrected chi connectivity index (χ0v) is 20.8. The highest BCUT2D eigenvalue weighted by Crippen LogP contribution is 2.49. The first kappa shape index (κ1) is 24.2. The van der Waals surface area contributed by atoms with Gasteiger partial charge < -0.3 is 29.3 Å². The monoisotopic (exact) mass is 487 g/mol. The summed E-state index contributed by atoms with van der Waals surface area (Å²) in [6.45, 7) is 4.00. The molecule has 1 heterocycles. The first-order valence-electron chi connectivity index (χ1n) is 12.5. The molecule has 0 spiro atoms. The predicted molar refractivity (Wildman–Crippen MR) is 140 cm³/mol. The van der Waals surface area contributed by atoms with Crippen LogP contribution in [0.1, 0.15) is 36.5 Å². The molecule has 0 radical (unpaired) electrons. The topological polar surface area (TPSA) is 71.4 Å². The third-order valence-corrected chi connectivity index (χ3v) is 6.74. The second-order valence-electron chi connectivity index (χ2n) is 9.52. The maximum atomic E-state index is 10.2. The molecule has 0 saturated heterocycles. The Morgan fingerprint density at radius 2 is 1.58 bits per heavy atom. The lowest BCUT2D eigenvalue weighted by atomic mass is 9.87. The molecule has 2 N–H and O–H groups in total. The van der Waals surface area contributed by atoms with E-state index in [4.69, 9.17) is 14.2 Å². The maximum absolute atomic E-state index is 10.2. The third-order valence-electron chi connectivity index (χ3n) is 6.74. The number of rotatable bonds is 10. The Balaban J connectivity index is 1.49. The highest BCUT2D eigenvalue weighted by atomic mass is 16.7. The molecule has 6 nitrogen and oxygen atoms in total. The highest BCUT2D eigenvalue weighted by Gasteiger charge is 2.31. The van der Waals surface area contributed by atoms with E-state index in [-0.39, 0.29) is 19.1 Å². The van der Waals surface area contributed by atoms with Gasteiger partial charge in [0.1, 0.15) is 24.2 Å². The van der Waals surface area contributed by atoms with Crippen molar-refractivity contribution in [1.29, 1.82) is 0 Å². The number of aliphatic hydroxyl groups excluding tert-OH is 1. The van der Waals surface area contributed by atoms with Gasteiger partial charge in [0.25, 0.3) is 0 Å². The minimum absolute atomic E-state index is 0.241. The summed E-state index contributed by atoms with van der Waals surface area (Å²) in [7, 11) is 1.98. The van der Waals surface area contributed by atoms with Crippen molar-refractivity contribution in [3.05, 3.63) is 83.4 Å².